The van der Waals surface area contributed by atoms with Crippen molar-refractivity contribution in [1.82, 2.24) is 0 Å². The second-order valence-electron chi connectivity index (χ2n) is 12.9. The van der Waals surface area contributed by atoms with Gasteiger partial charge < -0.3 is 89.0 Å². The van der Waals surface area contributed by atoms with E-state index in [1.54, 1.807) is 0 Å². The third-order valence-electron chi connectivity index (χ3n) is 9.26. The molecule has 0 aliphatic carbocycles. The predicted molar refractivity (Wildman–Crippen MR) is 170 cm³/mol. The average Bonchev–Trinajstić information content (AvgIpc) is 3.10. The Morgan fingerprint density at radius 1 is 0.654 bits per heavy atom. The van der Waals surface area contributed by atoms with Gasteiger partial charge in [0.2, 0.25) is 17.5 Å². The zero-order valence-electron chi connectivity index (χ0n) is 27.5. The first-order valence-electron chi connectivity index (χ1n) is 16.2. The number of benzene rings is 2. The normalized spacial score (nSPS) is 38.3. The van der Waals surface area contributed by atoms with Gasteiger partial charge in [-0.15, -0.1) is 0 Å². The molecule has 3 aromatic rings. The third-order valence-corrected chi connectivity index (χ3v) is 9.26. The van der Waals surface area contributed by atoms with Gasteiger partial charge >= 0.3 is 0 Å². The van der Waals surface area contributed by atoms with Crippen LogP contribution in [0.2, 0.25) is 0 Å². The number of phenols is 3. The van der Waals surface area contributed by atoms with E-state index in [-0.39, 0.29) is 22.7 Å². The minimum absolute atomic E-state index is 0.130. The molecule has 11 N–H and O–H groups in total. The highest BCUT2D eigenvalue weighted by molar-refractivity contribution is 5.88. The molecule has 19 nitrogen and oxygen atoms in total. The predicted octanol–water partition coefficient (Wildman–Crippen LogP) is -2.54. The highest BCUT2D eigenvalue weighted by atomic mass is 16.8. The summed E-state index contributed by atoms with van der Waals surface area (Å²) in [4.78, 5) is 13.7. The Morgan fingerprint density at radius 3 is 1.92 bits per heavy atom. The summed E-state index contributed by atoms with van der Waals surface area (Å²) in [5.74, 6) is -2.15. The molecule has 3 aliphatic heterocycles. The van der Waals surface area contributed by atoms with Crippen molar-refractivity contribution < 1.29 is 89.0 Å². The summed E-state index contributed by atoms with van der Waals surface area (Å²) in [7, 11) is 0. The topological polar surface area (TPSA) is 308 Å². The molecule has 3 saturated heterocycles. The number of aromatic hydroxyl groups is 3. The van der Waals surface area contributed by atoms with Gasteiger partial charge in [0.25, 0.3) is 0 Å². The van der Waals surface area contributed by atoms with Crippen LogP contribution in [0.3, 0.4) is 0 Å². The van der Waals surface area contributed by atoms with E-state index in [1.807, 2.05) is 0 Å². The molecular formula is C33H40O19. The van der Waals surface area contributed by atoms with Gasteiger partial charge in [-0.25, -0.2) is 0 Å². The van der Waals surface area contributed by atoms with Crippen molar-refractivity contribution in [2.45, 2.75) is 106 Å². The fraction of sp³-hybridized carbons (Fsp3) is 0.545. The van der Waals surface area contributed by atoms with Crippen LogP contribution in [0.5, 0.6) is 23.0 Å². The van der Waals surface area contributed by atoms with Crippen molar-refractivity contribution in [2.24, 2.45) is 0 Å². The van der Waals surface area contributed by atoms with Crippen LogP contribution in [0.25, 0.3) is 22.3 Å². The van der Waals surface area contributed by atoms with E-state index in [9.17, 15) is 61.0 Å². The molecule has 0 radical (unpaired) electrons. The zero-order chi connectivity index (χ0) is 37.8. The first-order valence-corrected chi connectivity index (χ1v) is 16.2. The lowest BCUT2D eigenvalue weighted by atomic mass is 9.97. The molecule has 52 heavy (non-hydrogen) atoms. The number of rotatable bonds is 8. The van der Waals surface area contributed by atoms with Gasteiger partial charge in [0.1, 0.15) is 89.3 Å². The van der Waals surface area contributed by atoms with E-state index in [4.69, 9.17) is 32.8 Å². The molecule has 3 fully saturated rings. The summed E-state index contributed by atoms with van der Waals surface area (Å²) < 4.78 is 40.0. The van der Waals surface area contributed by atoms with Gasteiger partial charge in [-0.3, -0.25) is 4.79 Å². The Balaban J connectivity index is 1.26. The Bertz CT molecular complexity index is 1770. The van der Waals surface area contributed by atoms with E-state index in [2.05, 4.69) is 0 Å². The van der Waals surface area contributed by atoms with Gasteiger partial charge in [0.15, 0.2) is 18.3 Å². The molecule has 0 bridgehead atoms. The minimum atomic E-state index is -1.99. The Labute approximate surface area is 293 Å². The van der Waals surface area contributed by atoms with Crippen LogP contribution in [0, 0.1) is 0 Å². The molecule has 286 valence electrons. The van der Waals surface area contributed by atoms with E-state index >= 15 is 0 Å². The highest BCUT2D eigenvalue weighted by Gasteiger charge is 2.51. The maximum absolute atomic E-state index is 13.7. The molecule has 15 atom stereocenters. The fourth-order valence-electron chi connectivity index (χ4n) is 6.20. The van der Waals surface area contributed by atoms with Crippen LogP contribution >= 0.6 is 0 Å². The lowest BCUT2D eigenvalue weighted by Crippen LogP contribution is -2.64. The molecule has 6 rings (SSSR count). The molecule has 4 heterocycles. The van der Waals surface area contributed by atoms with E-state index in [0.29, 0.717) is 0 Å². The van der Waals surface area contributed by atoms with Gasteiger partial charge in [-0.1, -0.05) is 0 Å². The third kappa shape index (κ3) is 7.16. The highest BCUT2D eigenvalue weighted by Crippen LogP contribution is 2.38. The Morgan fingerprint density at radius 2 is 1.25 bits per heavy atom. The molecule has 0 unspecified atom stereocenters. The first kappa shape index (κ1) is 38.1. The number of hydrogen-bond donors (Lipinski definition) is 11. The summed E-state index contributed by atoms with van der Waals surface area (Å²) in [6.45, 7) is 2.14. The monoisotopic (exact) mass is 740 g/mol. The fourth-order valence-corrected chi connectivity index (χ4v) is 6.20. The van der Waals surface area contributed by atoms with Gasteiger partial charge in [0, 0.05) is 17.7 Å². The molecule has 0 spiro atoms. The molecule has 2 aromatic carbocycles. The Kier molecular flexibility index (Phi) is 11.0. The van der Waals surface area contributed by atoms with E-state index < -0.39 is 127 Å². The number of hydrogen-bond acceptors (Lipinski definition) is 19. The van der Waals surface area contributed by atoms with Crippen molar-refractivity contribution in [3.05, 3.63) is 46.6 Å². The van der Waals surface area contributed by atoms with Crippen LogP contribution in [0.4, 0.5) is 0 Å². The molecule has 3 aliphatic rings. The second kappa shape index (κ2) is 15.0. The maximum Gasteiger partial charge on any atom is 0.239 e. The molecule has 1 aromatic heterocycles. The standard InChI is InChI=1S/C33H40O19/c1-10-19(37)23(41)26(44)31(47-10)52-30-25(43)20(38)11(2)48-33(30)46-9-17-21(39)24(42)27(45)32(50-17)51-29-22(40)18-15(36)7-14(35)8-16(18)49-28(29)12-3-5-13(34)6-4-12/h3-8,10-11,17,19-21,23-27,30-39,41-45H,9H2,1-2H3/t10-,11+,17+,19+,20+,21-,23-,24-,25+,26+,27+,30-,31+,32-,33-/m0/s1. The van der Waals surface area contributed by atoms with E-state index in [1.165, 1.54) is 38.1 Å². The molecule has 19 heteroatoms. The molecule has 0 amide bonds. The number of phenolic OH excluding ortho intramolecular Hbond substituents is 3. The van der Waals surface area contributed by atoms with Crippen molar-refractivity contribution in [1.29, 1.82) is 0 Å². The quantitative estimate of drug-likeness (QED) is 0.113. The number of fused-ring (bicyclic) bond motifs is 1. The second-order valence-corrected chi connectivity index (χ2v) is 12.9. The summed E-state index contributed by atoms with van der Waals surface area (Å²) in [6, 6.07) is 7.22. The van der Waals surface area contributed by atoms with Crippen LogP contribution in [-0.4, -0.2) is 155 Å². The lowest BCUT2D eigenvalue weighted by molar-refractivity contribution is -0.367. The molecular weight excluding hydrogens is 700 g/mol. The maximum atomic E-state index is 13.7. The average molecular weight is 741 g/mol. The summed E-state index contributed by atoms with van der Waals surface area (Å²) in [5, 5.41) is 114. The van der Waals surface area contributed by atoms with Gasteiger partial charge in [-0.2, -0.15) is 0 Å². The Hall–Kier alpha value is -3.67. The number of aliphatic hydroxyl groups is 8. The zero-order valence-corrected chi connectivity index (χ0v) is 27.5. The van der Waals surface area contributed by atoms with Gasteiger partial charge in [0.05, 0.1) is 18.8 Å². The van der Waals surface area contributed by atoms with Crippen molar-refractivity contribution >= 4 is 11.0 Å². The minimum Gasteiger partial charge on any atom is -0.508 e. The smallest absolute Gasteiger partial charge is 0.239 e. The largest absolute Gasteiger partial charge is 0.508 e. The number of aliphatic hydroxyl groups excluding tert-OH is 8. The summed E-state index contributed by atoms with van der Waals surface area (Å²) in [6.07, 6.45) is -24.3. The van der Waals surface area contributed by atoms with Crippen LogP contribution in [0.1, 0.15) is 13.8 Å². The van der Waals surface area contributed by atoms with Crippen molar-refractivity contribution in [3.8, 4) is 34.3 Å². The number of ether oxygens (including phenoxy) is 6. The molecule has 0 saturated carbocycles. The first-order chi connectivity index (χ1) is 24.6. The van der Waals surface area contributed by atoms with Crippen LogP contribution in [-0.2, 0) is 23.7 Å². The lowest BCUT2D eigenvalue weighted by Gasteiger charge is -2.46. The summed E-state index contributed by atoms with van der Waals surface area (Å²) in [5.41, 5.74) is -1.07. The van der Waals surface area contributed by atoms with Gasteiger partial charge in [-0.05, 0) is 38.1 Å². The summed E-state index contributed by atoms with van der Waals surface area (Å²) >= 11 is 0. The SMILES string of the molecule is C[C@@H]1O[C@H](O[C@@H]2[C@@H](OC[C@H]3O[C@@H](Oc4c(-c5ccc(O)cc5)oc5cc(O)cc(O)c5c4=O)[C@H](O)[C@@H](O)[C@H]3O)O[C@H](C)[C@@H](O)[C@H]2O)[C@H](O)[C@@H](O)[C@@H]1O. The van der Waals surface area contributed by atoms with Crippen molar-refractivity contribution in [2.75, 3.05) is 6.61 Å². The van der Waals surface area contributed by atoms with Crippen molar-refractivity contribution in [3.63, 3.8) is 0 Å². The van der Waals surface area contributed by atoms with Crippen LogP contribution < -0.4 is 10.2 Å². The van der Waals surface area contributed by atoms with E-state index in [0.717, 1.165) is 12.1 Å². The van der Waals surface area contributed by atoms with Crippen LogP contribution in [0.15, 0.2) is 45.6 Å².